The van der Waals surface area contributed by atoms with Crippen molar-refractivity contribution in [1.82, 2.24) is 5.32 Å². The van der Waals surface area contributed by atoms with Gasteiger partial charge in [0.05, 0.1) is 0 Å². The molecule has 2 rings (SSSR count). The van der Waals surface area contributed by atoms with Gasteiger partial charge in [-0.2, -0.15) is 0 Å². The molecular weight excluding hydrogens is 206 g/mol. The van der Waals surface area contributed by atoms with Crippen LogP contribution in [0.25, 0.3) is 0 Å². The van der Waals surface area contributed by atoms with Crippen LogP contribution in [0.3, 0.4) is 0 Å². The summed E-state index contributed by atoms with van der Waals surface area (Å²) in [6, 6.07) is 11.5. The molecule has 0 bridgehead atoms. The summed E-state index contributed by atoms with van der Waals surface area (Å²) < 4.78 is 0. The van der Waals surface area contributed by atoms with Gasteiger partial charge in [0, 0.05) is 6.04 Å². The van der Waals surface area contributed by atoms with E-state index >= 15 is 0 Å². The van der Waals surface area contributed by atoms with Crippen LogP contribution in [0.4, 0.5) is 0 Å². The Balaban J connectivity index is 1.76. The zero-order valence-electron chi connectivity index (χ0n) is 11.0. The summed E-state index contributed by atoms with van der Waals surface area (Å²) in [6.07, 6.45) is 9.79. The number of benzene rings is 1. The van der Waals surface area contributed by atoms with Crippen molar-refractivity contribution in [2.75, 3.05) is 7.05 Å². The molecule has 1 aliphatic carbocycles. The molecule has 0 heterocycles. The second kappa shape index (κ2) is 6.80. The van der Waals surface area contributed by atoms with Crippen LogP contribution in [0.15, 0.2) is 30.3 Å². The first-order valence-corrected chi connectivity index (χ1v) is 7.09. The average Bonchev–Trinajstić information content (AvgIpc) is 2.89. The van der Waals surface area contributed by atoms with Gasteiger partial charge in [-0.25, -0.2) is 0 Å². The second-order valence-corrected chi connectivity index (χ2v) is 5.40. The second-order valence-electron chi connectivity index (χ2n) is 5.40. The van der Waals surface area contributed by atoms with Crippen LogP contribution in [-0.4, -0.2) is 13.1 Å². The van der Waals surface area contributed by atoms with E-state index in [-0.39, 0.29) is 0 Å². The monoisotopic (exact) mass is 231 g/mol. The molecule has 1 N–H and O–H groups in total. The van der Waals surface area contributed by atoms with Crippen LogP contribution >= 0.6 is 0 Å². The third kappa shape index (κ3) is 4.16. The van der Waals surface area contributed by atoms with Crippen molar-refractivity contribution in [2.45, 2.75) is 51.0 Å². The van der Waals surface area contributed by atoms with Crippen molar-refractivity contribution in [3.63, 3.8) is 0 Å². The predicted molar refractivity (Wildman–Crippen MR) is 74.2 cm³/mol. The molecule has 0 spiro atoms. The Morgan fingerprint density at radius 2 is 1.88 bits per heavy atom. The van der Waals surface area contributed by atoms with Gasteiger partial charge in [-0.3, -0.25) is 0 Å². The van der Waals surface area contributed by atoms with E-state index in [1.54, 1.807) is 0 Å². The number of hydrogen-bond acceptors (Lipinski definition) is 1. The van der Waals surface area contributed by atoms with Crippen LogP contribution in [-0.2, 0) is 6.42 Å². The fraction of sp³-hybridized carbons (Fsp3) is 0.625. The summed E-state index contributed by atoms with van der Waals surface area (Å²) in [5.41, 5.74) is 1.46. The van der Waals surface area contributed by atoms with Crippen LogP contribution < -0.4 is 5.32 Å². The fourth-order valence-electron chi connectivity index (χ4n) is 2.98. The zero-order valence-corrected chi connectivity index (χ0v) is 11.0. The van der Waals surface area contributed by atoms with E-state index in [1.807, 2.05) is 0 Å². The molecule has 0 aliphatic heterocycles. The van der Waals surface area contributed by atoms with Crippen molar-refractivity contribution in [3.05, 3.63) is 35.9 Å². The standard InChI is InChI=1S/C16H25N/c1-17-16(12-11-14-7-5-6-8-14)13-15-9-3-2-4-10-15/h2-4,9-10,14,16-17H,5-8,11-13H2,1H3. The van der Waals surface area contributed by atoms with E-state index in [2.05, 4.69) is 42.7 Å². The van der Waals surface area contributed by atoms with Crippen molar-refractivity contribution in [3.8, 4) is 0 Å². The Kier molecular flexibility index (Phi) is 5.06. The molecule has 0 amide bonds. The number of rotatable bonds is 6. The van der Waals surface area contributed by atoms with E-state index in [0.29, 0.717) is 6.04 Å². The first-order valence-electron chi connectivity index (χ1n) is 7.09. The summed E-state index contributed by atoms with van der Waals surface area (Å²) in [6.45, 7) is 0. The van der Waals surface area contributed by atoms with Crippen LogP contribution in [0, 0.1) is 5.92 Å². The molecule has 1 atom stereocenters. The van der Waals surface area contributed by atoms with Gasteiger partial charge >= 0.3 is 0 Å². The molecule has 1 aromatic rings. The van der Waals surface area contributed by atoms with Gasteiger partial charge in [-0.1, -0.05) is 56.0 Å². The summed E-state index contributed by atoms with van der Waals surface area (Å²) in [5, 5.41) is 3.47. The van der Waals surface area contributed by atoms with Crippen molar-refractivity contribution in [1.29, 1.82) is 0 Å². The van der Waals surface area contributed by atoms with Crippen molar-refractivity contribution in [2.24, 2.45) is 5.92 Å². The Labute approximate surface area is 106 Å². The van der Waals surface area contributed by atoms with Gasteiger partial charge in [0.25, 0.3) is 0 Å². The minimum absolute atomic E-state index is 0.651. The summed E-state index contributed by atoms with van der Waals surface area (Å²) in [7, 11) is 2.10. The van der Waals surface area contributed by atoms with E-state index < -0.39 is 0 Å². The van der Waals surface area contributed by atoms with Gasteiger partial charge < -0.3 is 5.32 Å². The largest absolute Gasteiger partial charge is 0.317 e. The molecule has 0 saturated heterocycles. The smallest absolute Gasteiger partial charge is 0.0105 e. The molecule has 0 radical (unpaired) electrons. The van der Waals surface area contributed by atoms with Crippen molar-refractivity contribution >= 4 is 0 Å². The molecule has 1 aliphatic rings. The molecular formula is C16H25N. The quantitative estimate of drug-likeness (QED) is 0.785. The van der Waals surface area contributed by atoms with Crippen LogP contribution in [0.2, 0.25) is 0 Å². The third-order valence-electron chi connectivity index (χ3n) is 4.13. The van der Waals surface area contributed by atoms with E-state index in [9.17, 15) is 0 Å². The lowest BCUT2D eigenvalue weighted by atomic mass is 9.95. The Morgan fingerprint density at radius 1 is 1.18 bits per heavy atom. The molecule has 1 nitrogen and oxygen atoms in total. The van der Waals surface area contributed by atoms with Crippen LogP contribution in [0.1, 0.15) is 44.1 Å². The summed E-state index contributed by atoms with van der Waals surface area (Å²) in [5.74, 6) is 1.02. The number of likely N-dealkylation sites (N-methyl/N-ethyl adjacent to an activating group) is 1. The topological polar surface area (TPSA) is 12.0 Å². The fourth-order valence-corrected chi connectivity index (χ4v) is 2.98. The molecule has 94 valence electrons. The third-order valence-corrected chi connectivity index (χ3v) is 4.13. The molecule has 1 heteroatoms. The first-order chi connectivity index (χ1) is 8.38. The SMILES string of the molecule is CNC(CCC1CCCC1)Cc1ccccc1. The van der Waals surface area contributed by atoms with E-state index in [0.717, 1.165) is 5.92 Å². The first kappa shape index (κ1) is 12.6. The predicted octanol–water partition coefficient (Wildman–Crippen LogP) is 3.79. The highest BCUT2D eigenvalue weighted by Gasteiger charge is 2.16. The minimum Gasteiger partial charge on any atom is -0.317 e. The molecule has 0 aromatic heterocycles. The maximum atomic E-state index is 3.47. The van der Waals surface area contributed by atoms with Gasteiger partial charge in [0.1, 0.15) is 0 Å². The Bertz CT molecular complexity index is 301. The van der Waals surface area contributed by atoms with Gasteiger partial charge in [-0.05, 0) is 37.8 Å². The molecule has 1 fully saturated rings. The lowest BCUT2D eigenvalue weighted by Gasteiger charge is -2.18. The molecule has 1 unspecified atom stereocenters. The molecule has 1 aromatic carbocycles. The van der Waals surface area contributed by atoms with Crippen LogP contribution in [0.5, 0.6) is 0 Å². The lowest BCUT2D eigenvalue weighted by Crippen LogP contribution is -2.28. The van der Waals surface area contributed by atoms with E-state index in [1.165, 1.54) is 50.5 Å². The van der Waals surface area contributed by atoms with Gasteiger partial charge in [0.2, 0.25) is 0 Å². The molecule has 17 heavy (non-hydrogen) atoms. The molecule has 1 saturated carbocycles. The maximum absolute atomic E-state index is 3.47. The highest BCUT2D eigenvalue weighted by molar-refractivity contribution is 5.15. The highest BCUT2D eigenvalue weighted by atomic mass is 14.9. The Hall–Kier alpha value is -0.820. The summed E-state index contributed by atoms with van der Waals surface area (Å²) in [4.78, 5) is 0. The van der Waals surface area contributed by atoms with Gasteiger partial charge in [-0.15, -0.1) is 0 Å². The number of hydrogen-bond donors (Lipinski definition) is 1. The average molecular weight is 231 g/mol. The van der Waals surface area contributed by atoms with Gasteiger partial charge in [0.15, 0.2) is 0 Å². The summed E-state index contributed by atoms with van der Waals surface area (Å²) >= 11 is 0. The minimum atomic E-state index is 0.651. The zero-order chi connectivity index (χ0) is 11.9. The number of nitrogens with one attached hydrogen (secondary N) is 1. The maximum Gasteiger partial charge on any atom is 0.0105 e. The van der Waals surface area contributed by atoms with E-state index in [4.69, 9.17) is 0 Å². The lowest BCUT2D eigenvalue weighted by molar-refractivity contribution is 0.418. The Morgan fingerprint density at radius 3 is 2.53 bits per heavy atom. The normalized spacial score (nSPS) is 18.4. The van der Waals surface area contributed by atoms with Crippen molar-refractivity contribution < 1.29 is 0 Å². The highest BCUT2D eigenvalue weighted by Crippen LogP contribution is 2.29.